The van der Waals surface area contributed by atoms with E-state index in [4.69, 9.17) is 27.6 Å². The first-order valence-corrected chi connectivity index (χ1v) is 6.55. The summed E-state index contributed by atoms with van der Waals surface area (Å²) in [6, 6.07) is 3.94. The van der Waals surface area contributed by atoms with E-state index in [0.29, 0.717) is 0 Å². The molecule has 0 atom stereocenters. The molecule has 0 spiro atoms. The maximum atomic E-state index is 12.3. The number of furan rings is 1. The molecule has 0 aliphatic heterocycles. The lowest BCUT2D eigenvalue weighted by atomic mass is 10.1. The number of hydrogen-bond acceptors (Lipinski definition) is 4. The average Bonchev–Trinajstić information content (AvgIpc) is 2.93. The van der Waals surface area contributed by atoms with Crippen LogP contribution < -0.4 is 0 Å². The van der Waals surface area contributed by atoms with Crippen LogP contribution in [0.5, 0.6) is 0 Å². The fourth-order valence-electron chi connectivity index (χ4n) is 1.77. The second-order valence-electron chi connectivity index (χ2n) is 4.34. The SMILES string of the molecule is CN(Cc1ccoc1)C(=O)c1cc([N+](=O)[O-])cc(Cl)c1Cl. The van der Waals surface area contributed by atoms with E-state index >= 15 is 0 Å². The van der Waals surface area contributed by atoms with Gasteiger partial charge in [0.05, 0.1) is 33.1 Å². The third-order valence-electron chi connectivity index (χ3n) is 2.80. The molecule has 1 amide bonds. The Hall–Kier alpha value is -2.05. The summed E-state index contributed by atoms with van der Waals surface area (Å²) in [5.41, 5.74) is 0.491. The summed E-state index contributed by atoms with van der Waals surface area (Å²) in [5.74, 6) is -0.466. The lowest BCUT2D eigenvalue weighted by molar-refractivity contribution is -0.384. The van der Waals surface area contributed by atoms with Crippen LogP contribution in [0.2, 0.25) is 10.0 Å². The fourth-order valence-corrected chi connectivity index (χ4v) is 2.17. The highest BCUT2D eigenvalue weighted by Crippen LogP contribution is 2.31. The van der Waals surface area contributed by atoms with Crippen molar-refractivity contribution in [2.75, 3.05) is 7.05 Å². The van der Waals surface area contributed by atoms with Crippen molar-refractivity contribution in [1.82, 2.24) is 4.90 Å². The smallest absolute Gasteiger partial charge is 0.271 e. The predicted octanol–water partition coefficient (Wildman–Crippen LogP) is 3.77. The van der Waals surface area contributed by atoms with E-state index in [1.54, 1.807) is 13.1 Å². The minimum absolute atomic E-state index is 0.00805. The molecule has 0 saturated carbocycles. The third-order valence-corrected chi connectivity index (χ3v) is 3.60. The topological polar surface area (TPSA) is 76.6 Å². The number of nitrogens with zero attached hydrogens (tertiary/aromatic N) is 2. The number of nitro groups is 1. The van der Waals surface area contributed by atoms with Crippen molar-refractivity contribution in [1.29, 1.82) is 0 Å². The Kier molecular flexibility index (Phi) is 4.50. The summed E-state index contributed by atoms with van der Waals surface area (Å²) in [6.07, 6.45) is 3.00. The van der Waals surface area contributed by atoms with Gasteiger partial charge in [-0.1, -0.05) is 23.2 Å². The Morgan fingerprint density at radius 1 is 1.43 bits per heavy atom. The molecule has 2 aromatic rings. The van der Waals surface area contributed by atoms with Crippen molar-refractivity contribution >= 4 is 34.8 Å². The second kappa shape index (κ2) is 6.15. The van der Waals surface area contributed by atoms with Crippen LogP contribution in [0, 0.1) is 10.1 Å². The number of halogens is 2. The number of benzene rings is 1. The van der Waals surface area contributed by atoms with Gasteiger partial charge >= 0.3 is 0 Å². The number of amides is 1. The first-order chi connectivity index (χ1) is 9.90. The molecule has 0 bridgehead atoms. The number of nitro benzene ring substituents is 1. The molecule has 21 heavy (non-hydrogen) atoms. The first kappa shape index (κ1) is 15.3. The number of rotatable bonds is 4. The molecule has 0 fully saturated rings. The number of hydrogen-bond donors (Lipinski definition) is 0. The van der Waals surface area contributed by atoms with Gasteiger partial charge in [0.1, 0.15) is 0 Å². The van der Waals surface area contributed by atoms with Gasteiger partial charge in [0.15, 0.2) is 0 Å². The lowest BCUT2D eigenvalue weighted by Crippen LogP contribution is -2.26. The highest BCUT2D eigenvalue weighted by Gasteiger charge is 2.22. The minimum atomic E-state index is -0.630. The van der Waals surface area contributed by atoms with Gasteiger partial charge in [-0.2, -0.15) is 0 Å². The van der Waals surface area contributed by atoms with Crippen LogP contribution in [0.4, 0.5) is 5.69 Å². The van der Waals surface area contributed by atoms with Crippen molar-refractivity contribution in [2.45, 2.75) is 6.54 Å². The zero-order valence-electron chi connectivity index (χ0n) is 10.9. The van der Waals surface area contributed by atoms with E-state index < -0.39 is 10.8 Å². The molecule has 110 valence electrons. The molecule has 1 heterocycles. The molecule has 8 heteroatoms. The molecular weight excluding hydrogens is 319 g/mol. The second-order valence-corrected chi connectivity index (χ2v) is 5.12. The predicted molar refractivity (Wildman–Crippen MR) is 77.6 cm³/mol. The zero-order chi connectivity index (χ0) is 15.6. The Morgan fingerprint density at radius 2 is 2.14 bits per heavy atom. The highest BCUT2D eigenvalue weighted by molar-refractivity contribution is 6.44. The van der Waals surface area contributed by atoms with Crippen molar-refractivity contribution in [3.8, 4) is 0 Å². The molecule has 0 radical (unpaired) electrons. The van der Waals surface area contributed by atoms with Gasteiger partial charge in [-0.3, -0.25) is 14.9 Å². The Morgan fingerprint density at radius 3 is 2.71 bits per heavy atom. The Labute approximate surface area is 130 Å². The molecule has 0 aliphatic carbocycles. The maximum absolute atomic E-state index is 12.3. The van der Waals surface area contributed by atoms with Crippen molar-refractivity contribution < 1.29 is 14.1 Å². The largest absolute Gasteiger partial charge is 0.472 e. The maximum Gasteiger partial charge on any atom is 0.271 e. The minimum Gasteiger partial charge on any atom is -0.472 e. The highest BCUT2D eigenvalue weighted by atomic mass is 35.5. The van der Waals surface area contributed by atoms with Gasteiger partial charge < -0.3 is 9.32 Å². The quantitative estimate of drug-likeness (QED) is 0.632. The van der Waals surface area contributed by atoms with Crippen LogP contribution in [0.25, 0.3) is 0 Å². The lowest BCUT2D eigenvalue weighted by Gasteiger charge is -2.17. The molecule has 0 aliphatic rings. The summed E-state index contributed by atoms with van der Waals surface area (Å²) in [7, 11) is 1.55. The molecule has 2 rings (SSSR count). The molecule has 1 aromatic carbocycles. The van der Waals surface area contributed by atoms with Gasteiger partial charge in [0, 0.05) is 31.3 Å². The molecular formula is C13H10Cl2N2O4. The van der Waals surface area contributed by atoms with E-state index in [2.05, 4.69) is 0 Å². The molecule has 0 unspecified atom stereocenters. The van der Waals surface area contributed by atoms with Gasteiger partial charge in [0.25, 0.3) is 11.6 Å². The number of carbonyl (C=O) groups excluding carboxylic acids is 1. The fraction of sp³-hybridized carbons (Fsp3) is 0.154. The van der Waals surface area contributed by atoms with Crippen LogP contribution in [0.15, 0.2) is 35.1 Å². The number of carbonyl (C=O) groups is 1. The van der Waals surface area contributed by atoms with Crippen LogP contribution >= 0.6 is 23.2 Å². The summed E-state index contributed by atoms with van der Waals surface area (Å²) in [5, 5.41) is 10.8. The van der Waals surface area contributed by atoms with E-state index in [9.17, 15) is 14.9 Å². The average molecular weight is 329 g/mol. The van der Waals surface area contributed by atoms with E-state index in [0.717, 1.165) is 17.7 Å². The standard InChI is InChI=1S/C13H10Cl2N2O4/c1-16(6-8-2-3-21-7-8)13(18)10-4-9(17(19)20)5-11(14)12(10)15/h2-5,7H,6H2,1H3. The van der Waals surface area contributed by atoms with Gasteiger partial charge in [-0.15, -0.1) is 0 Å². The monoisotopic (exact) mass is 328 g/mol. The van der Waals surface area contributed by atoms with E-state index in [1.807, 2.05) is 0 Å². The Bertz CT molecular complexity index is 686. The van der Waals surface area contributed by atoms with Crippen LogP contribution in [-0.4, -0.2) is 22.8 Å². The zero-order valence-corrected chi connectivity index (χ0v) is 12.4. The van der Waals surface area contributed by atoms with Crippen LogP contribution in [0.3, 0.4) is 0 Å². The summed E-state index contributed by atoms with van der Waals surface area (Å²) in [4.78, 5) is 23.9. The molecule has 0 saturated heterocycles. The summed E-state index contributed by atoms with van der Waals surface area (Å²) >= 11 is 11.8. The van der Waals surface area contributed by atoms with Crippen molar-refractivity contribution in [3.05, 3.63) is 62.0 Å². The first-order valence-electron chi connectivity index (χ1n) is 5.80. The van der Waals surface area contributed by atoms with E-state index in [1.165, 1.54) is 17.4 Å². The molecule has 6 nitrogen and oxygen atoms in total. The number of non-ortho nitro benzene ring substituents is 1. The van der Waals surface area contributed by atoms with Gasteiger partial charge in [-0.05, 0) is 6.07 Å². The van der Waals surface area contributed by atoms with Crippen molar-refractivity contribution in [3.63, 3.8) is 0 Å². The van der Waals surface area contributed by atoms with Gasteiger partial charge in [0.2, 0.25) is 0 Å². The third kappa shape index (κ3) is 3.34. The van der Waals surface area contributed by atoms with E-state index in [-0.39, 0.29) is 27.8 Å². The van der Waals surface area contributed by atoms with Crippen molar-refractivity contribution in [2.24, 2.45) is 0 Å². The van der Waals surface area contributed by atoms with Crippen LogP contribution in [-0.2, 0) is 6.54 Å². The Balaban J connectivity index is 2.31. The normalized spacial score (nSPS) is 10.4. The van der Waals surface area contributed by atoms with Gasteiger partial charge in [-0.25, -0.2) is 0 Å². The summed E-state index contributed by atoms with van der Waals surface area (Å²) in [6.45, 7) is 0.284. The molecule has 0 N–H and O–H groups in total. The summed E-state index contributed by atoms with van der Waals surface area (Å²) < 4.78 is 4.92. The molecule has 1 aromatic heterocycles. The van der Waals surface area contributed by atoms with Crippen LogP contribution in [0.1, 0.15) is 15.9 Å².